The molecule has 1 aromatic carbocycles. The van der Waals surface area contributed by atoms with Crippen molar-refractivity contribution in [2.45, 2.75) is 6.04 Å². The molecule has 2 aromatic rings. The molecule has 0 bridgehead atoms. The Morgan fingerprint density at radius 1 is 1.15 bits per heavy atom. The Morgan fingerprint density at radius 3 is 2.65 bits per heavy atom. The molecule has 0 atom stereocenters. The van der Waals surface area contributed by atoms with Gasteiger partial charge >= 0.3 is 0 Å². The largest absolute Gasteiger partial charge is 0.339 e. The van der Waals surface area contributed by atoms with Crippen LogP contribution in [0.1, 0.15) is 0 Å². The summed E-state index contributed by atoms with van der Waals surface area (Å²) in [5.41, 5.74) is 2.32. The van der Waals surface area contributed by atoms with Gasteiger partial charge in [-0.15, -0.1) is 0 Å². The van der Waals surface area contributed by atoms with Gasteiger partial charge < -0.3 is 9.47 Å². The third-order valence-electron chi connectivity index (χ3n) is 4.47. The van der Waals surface area contributed by atoms with Crippen molar-refractivity contribution in [1.29, 1.82) is 0 Å². The molecule has 0 unspecified atom stereocenters. The Hall–Kier alpha value is -1.20. The number of nitrogens with zero attached hydrogens (tertiary/aromatic N) is 4. The van der Waals surface area contributed by atoms with Crippen LogP contribution in [0.25, 0.3) is 11.0 Å². The van der Waals surface area contributed by atoms with Gasteiger partial charge in [0.25, 0.3) is 0 Å². The van der Waals surface area contributed by atoms with E-state index < -0.39 is 0 Å². The molecule has 2 aliphatic heterocycles. The van der Waals surface area contributed by atoms with E-state index in [2.05, 4.69) is 57.4 Å². The maximum Gasteiger partial charge on any atom is 0.206 e. The van der Waals surface area contributed by atoms with Crippen molar-refractivity contribution in [1.82, 2.24) is 14.5 Å². The highest BCUT2D eigenvalue weighted by atomic mass is 32.2. The molecule has 20 heavy (non-hydrogen) atoms. The molecular formula is C15H20N4S. The van der Waals surface area contributed by atoms with E-state index in [0.29, 0.717) is 0 Å². The Morgan fingerprint density at radius 2 is 1.90 bits per heavy atom. The van der Waals surface area contributed by atoms with Crippen molar-refractivity contribution in [3.8, 4) is 0 Å². The predicted molar refractivity (Wildman–Crippen MR) is 85.6 cm³/mol. The summed E-state index contributed by atoms with van der Waals surface area (Å²) in [4.78, 5) is 9.84. The Balaban J connectivity index is 1.50. The zero-order valence-corrected chi connectivity index (χ0v) is 12.6. The van der Waals surface area contributed by atoms with Crippen molar-refractivity contribution in [3.63, 3.8) is 0 Å². The van der Waals surface area contributed by atoms with E-state index >= 15 is 0 Å². The van der Waals surface area contributed by atoms with Crippen LogP contribution in [0.4, 0.5) is 5.95 Å². The van der Waals surface area contributed by atoms with Crippen LogP contribution in [0.15, 0.2) is 24.3 Å². The second-order valence-electron chi connectivity index (χ2n) is 5.67. The number of anilines is 1. The van der Waals surface area contributed by atoms with Crippen LogP contribution in [0.3, 0.4) is 0 Å². The van der Waals surface area contributed by atoms with Crippen LogP contribution in [0, 0.1) is 0 Å². The predicted octanol–water partition coefficient (Wildman–Crippen LogP) is 1.81. The van der Waals surface area contributed by atoms with E-state index in [1.807, 2.05) is 0 Å². The van der Waals surface area contributed by atoms with Crippen molar-refractivity contribution in [2.24, 2.45) is 7.05 Å². The third kappa shape index (κ3) is 2.00. The molecule has 4 rings (SSSR count). The van der Waals surface area contributed by atoms with Gasteiger partial charge in [0.15, 0.2) is 0 Å². The van der Waals surface area contributed by atoms with E-state index in [1.54, 1.807) is 0 Å². The van der Waals surface area contributed by atoms with Crippen LogP contribution >= 0.6 is 11.8 Å². The van der Waals surface area contributed by atoms with Crippen molar-refractivity contribution in [2.75, 3.05) is 42.6 Å². The van der Waals surface area contributed by atoms with Crippen LogP contribution in [-0.2, 0) is 7.05 Å². The first-order chi connectivity index (χ1) is 9.83. The van der Waals surface area contributed by atoms with Crippen LogP contribution in [0.5, 0.6) is 0 Å². The lowest BCUT2D eigenvalue weighted by Crippen LogP contribution is -2.61. The maximum absolute atomic E-state index is 4.78. The number of benzene rings is 1. The zero-order chi connectivity index (χ0) is 13.5. The lowest BCUT2D eigenvalue weighted by atomic mass is 10.1. The Labute approximate surface area is 123 Å². The minimum Gasteiger partial charge on any atom is -0.339 e. The van der Waals surface area contributed by atoms with Gasteiger partial charge in [-0.2, -0.15) is 11.8 Å². The molecule has 0 radical (unpaired) electrons. The molecule has 0 spiro atoms. The summed E-state index contributed by atoms with van der Waals surface area (Å²) in [7, 11) is 2.12. The van der Waals surface area contributed by atoms with Gasteiger partial charge in [-0.3, -0.25) is 4.90 Å². The summed E-state index contributed by atoms with van der Waals surface area (Å²) < 4.78 is 2.22. The van der Waals surface area contributed by atoms with E-state index in [4.69, 9.17) is 4.98 Å². The van der Waals surface area contributed by atoms with Gasteiger partial charge in [0.2, 0.25) is 5.95 Å². The van der Waals surface area contributed by atoms with Crippen molar-refractivity contribution in [3.05, 3.63) is 24.3 Å². The first kappa shape index (κ1) is 12.5. The number of rotatable bonds is 2. The summed E-state index contributed by atoms with van der Waals surface area (Å²) in [5, 5.41) is 0. The first-order valence-corrected chi connectivity index (χ1v) is 8.46. The van der Waals surface area contributed by atoms with E-state index in [1.165, 1.54) is 30.1 Å². The van der Waals surface area contributed by atoms with Gasteiger partial charge in [-0.1, -0.05) is 12.1 Å². The van der Waals surface area contributed by atoms with Gasteiger partial charge in [0.05, 0.1) is 11.0 Å². The molecule has 3 heterocycles. The van der Waals surface area contributed by atoms with Gasteiger partial charge in [0.1, 0.15) is 0 Å². The molecule has 106 valence electrons. The van der Waals surface area contributed by atoms with Gasteiger partial charge in [-0.25, -0.2) is 4.98 Å². The second-order valence-corrected chi connectivity index (χ2v) is 6.89. The smallest absolute Gasteiger partial charge is 0.206 e. The molecule has 2 saturated heterocycles. The highest BCUT2D eigenvalue weighted by molar-refractivity contribution is 7.99. The van der Waals surface area contributed by atoms with Gasteiger partial charge in [0, 0.05) is 50.8 Å². The molecule has 0 aliphatic carbocycles. The zero-order valence-electron chi connectivity index (χ0n) is 11.8. The fourth-order valence-electron chi connectivity index (χ4n) is 3.21. The second kappa shape index (κ2) is 4.97. The van der Waals surface area contributed by atoms with E-state index in [0.717, 1.165) is 30.6 Å². The monoisotopic (exact) mass is 288 g/mol. The van der Waals surface area contributed by atoms with Crippen molar-refractivity contribution < 1.29 is 0 Å². The highest BCUT2D eigenvalue weighted by Gasteiger charge is 2.34. The Bertz CT molecular complexity index is 611. The maximum atomic E-state index is 4.78. The summed E-state index contributed by atoms with van der Waals surface area (Å²) in [6.07, 6.45) is 0. The fraction of sp³-hybridized carbons (Fsp3) is 0.533. The summed E-state index contributed by atoms with van der Waals surface area (Å²) in [6, 6.07) is 9.11. The fourth-order valence-corrected chi connectivity index (χ4v) is 4.14. The van der Waals surface area contributed by atoms with E-state index in [-0.39, 0.29) is 0 Å². The lowest BCUT2D eigenvalue weighted by Gasteiger charge is -2.46. The Kier molecular flexibility index (Phi) is 3.11. The minimum atomic E-state index is 0.732. The summed E-state index contributed by atoms with van der Waals surface area (Å²) in [6.45, 7) is 4.76. The molecular weight excluding hydrogens is 268 g/mol. The topological polar surface area (TPSA) is 24.3 Å². The lowest BCUT2D eigenvalue weighted by molar-refractivity contribution is 0.181. The van der Waals surface area contributed by atoms with Crippen molar-refractivity contribution >= 4 is 28.7 Å². The third-order valence-corrected chi connectivity index (χ3v) is 5.41. The number of thioether (sulfide) groups is 1. The number of aromatic nitrogens is 2. The van der Waals surface area contributed by atoms with Crippen LogP contribution < -0.4 is 4.90 Å². The number of para-hydroxylation sites is 2. The van der Waals surface area contributed by atoms with E-state index in [9.17, 15) is 0 Å². The summed E-state index contributed by atoms with van der Waals surface area (Å²) in [5.74, 6) is 3.71. The number of fused-ring (bicyclic) bond motifs is 1. The van der Waals surface area contributed by atoms with Gasteiger partial charge in [-0.05, 0) is 12.1 Å². The number of imidazole rings is 1. The molecule has 2 fully saturated rings. The average Bonchev–Trinajstić information content (AvgIpc) is 2.77. The van der Waals surface area contributed by atoms with Crippen LogP contribution in [0.2, 0.25) is 0 Å². The normalized spacial score (nSPS) is 21.4. The first-order valence-electron chi connectivity index (χ1n) is 7.31. The number of hydrogen-bond donors (Lipinski definition) is 0. The van der Waals surface area contributed by atoms with Crippen LogP contribution in [-0.4, -0.2) is 58.2 Å². The minimum absolute atomic E-state index is 0.732. The molecule has 5 heteroatoms. The quantitative estimate of drug-likeness (QED) is 0.841. The molecule has 0 amide bonds. The molecule has 1 aromatic heterocycles. The summed E-state index contributed by atoms with van der Waals surface area (Å²) >= 11 is 2.08. The SMILES string of the molecule is Cn1c(N2CC(N3CCSCC3)C2)nc2ccccc21. The molecule has 2 aliphatic rings. The molecule has 0 N–H and O–H groups in total. The molecule has 0 saturated carbocycles. The molecule has 4 nitrogen and oxygen atoms in total. The average molecular weight is 288 g/mol. The number of aryl methyl sites for hydroxylation is 1. The number of hydrogen-bond acceptors (Lipinski definition) is 4. The standard InChI is InChI=1S/C15H20N4S/c1-17-14-5-3-2-4-13(14)16-15(17)19-10-12(11-19)18-6-8-20-9-7-18/h2-5,12H,6-11H2,1H3. The highest BCUT2D eigenvalue weighted by Crippen LogP contribution is 2.27.